The summed E-state index contributed by atoms with van der Waals surface area (Å²) in [4.78, 5) is 0. The molecule has 2 aromatic rings. The van der Waals surface area contributed by atoms with Crippen molar-refractivity contribution in [2.45, 2.75) is 33.4 Å². The molecule has 1 aromatic heterocycles. The van der Waals surface area contributed by atoms with Crippen LogP contribution in [0, 0.1) is 13.8 Å². The van der Waals surface area contributed by atoms with Gasteiger partial charge in [0.15, 0.2) is 5.69 Å². The molecule has 1 aromatic carbocycles. The van der Waals surface area contributed by atoms with Crippen LogP contribution in [-0.4, -0.2) is 0 Å². The summed E-state index contributed by atoms with van der Waals surface area (Å²) < 4.78 is 56.5. The Morgan fingerprint density at radius 2 is 2.00 bits per heavy atom. The molecule has 1 heterocycles. The van der Waals surface area contributed by atoms with Crippen molar-refractivity contribution >= 4 is 0 Å². The van der Waals surface area contributed by atoms with E-state index in [1.807, 2.05) is 31.2 Å². The van der Waals surface area contributed by atoms with Gasteiger partial charge >= 0.3 is 0 Å². The molecule has 0 aliphatic heterocycles. The minimum atomic E-state index is -2.65. The van der Waals surface area contributed by atoms with Crippen LogP contribution in [0.5, 0.6) is 0 Å². The fourth-order valence-corrected chi connectivity index (χ4v) is 2.09. The van der Waals surface area contributed by atoms with E-state index in [9.17, 15) is 0 Å². The highest BCUT2D eigenvalue weighted by Crippen LogP contribution is 2.23. The van der Waals surface area contributed by atoms with Gasteiger partial charge in [0.25, 0.3) is 0 Å². The van der Waals surface area contributed by atoms with Crippen LogP contribution in [0.3, 0.4) is 0 Å². The van der Waals surface area contributed by atoms with E-state index in [4.69, 9.17) is 9.60 Å². The number of hydrogen-bond donors (Lipinski definition) is 0. The Labute approximate surface area is 120 Å². The number of hydrogen-bond acceptors (Lipinski definition) is 0. The zero-order valence-electron chi connectivity index (χ0n) is 17.9. The molecular weight excluding hydrogens is 218 g/mol. The van der Waals surface area contributed by atoms with Crippen LogP contribution in [0.25, 0.3) is 11.3 Å². The standard InChI is InChI=1S/C17H22N/c1-12(2)15-10-11-17(18(5)14(15)4)16-9-7-6-8-13(16)3/h6-12H,1-5H3/q+1/i1D3,4D3,12D. The average Bonchev–Trinajstić information content (AvgIpc) is 2.45. The highest BCUT2D eigenvalue weighted by Gasteiger charge is 2.18. The molecular formula is C17H22N+. The Morgan fingerprint density at radius 3 is 2.67 bits per heavy atom. The lowest BCUT2D eigenvalue weighted by Crippen LogP contribution is -2.36. The molecule has 0 spiro atoms. The fourth-order valence-electron chi connectivity index (χ4n) is 2.09. The fraction of sp³-hybridized carbons (Fsp3) is 0.353. The number of pyridine rings is 1. The minimum absolute atomic E-state index is 0.00710. The van der Waals surface area contributed by atoms with Crippen LogP contribution in [-0.2, 0) is 7.05 Å². The molecule has 1 heteroatoms. The van der Waals surface area contributed by atoms with E-state index in [1.54, 1.807) is 13.1 Å². The van der Waals surface area contributed by atoms with Gasteiger partial charge in [-0.1, -0.05) is 32.0 Å². The van der Waals surface area contributed by atoms with Gasteiger partial charge < -0.3 is 0 Å². The van der Waals surface area contributed by atoms with Gasteiger partial charge in [-0.25, -0.2) is 0 Å². The van der Waals surface area contributed by atoms with E-state index in [-0.39, 0.29) is 11.3 Å². The van der Waals surface area contributed by atoms with Crippen molar-refractivity contribution in [3.8, 4) is 11.3 Å². The number of nitrogens with zero attached hydrogens (tertiary/aromatic N) is 1. The largest absolute Gasteiger partial charge is 0.212 e. The first-order valence-electron chi connectivity index (χ1n) is 9.38. The summed E-state index contributed by atoms with van der Waals surface area (Å²) in [7, 11) is 1.60. The van der Waals surface area contributed by atoms with Crippen molar-refractivity contribution in [1.29, 1.82) is 0 Å². The molecule has 94 valence electrons. The molecule has 0 saturated carbocycles. The number of benzene rings is 1. The molecule has 0 fully saturated rings. The third kappa shape index (κ3) is 2.17. The van der Waals surface area contributed by atoms with Gasteiger partial charge in [-0.15, -0.1) is 0 Å². The molecule has 0 N–H and O–H groups in total. The van der Waals surface area contributed by atoms with Crippen LogP contribution < -0.4 is 4.57 Å². The second-order valence-corrected chi connectivity index (χ2v) is 4.48. The normalized spacial score (nSPS) is 21.4. The molecule has 0 aliphatic carbocycles. The smallest absolute Gasteiger partial charge is 0.198 e. The number of aryl methyl sites for hydroxylation is 1. The van der Waals surface area contributed by atoms with Crippen molar-refractivity contribution < 1.29 is 14.2 Å². The maximum atomic E-state index is 8.33. The van der Waals surface area contributed by atoms with Crippen molar-refractivity contribution in [1.82, 2.24) is 0 Å². The van der Waals surface area contributed by atoms with Crippen LogP contribution in [0.2, 0.25) is 0 Å². The zero-order chi connectivity index (χ0) is 19.2. The maximum Gasteiger partial charge on any atom is 0.212 e. The van der Waals surface area contributed by atoms with Crippen molar-refractivity contribution in [3.05, 3.63) is 53.2 Å². The Hall–Kier alpha value is -1.63. The van der Waals surface area contributed by atoms with Crippen molar-refractivity contribution in [3.63, 3.8) is 0 Å². The second kappa shape index (κ2) is 4.93. The molecule has 1 unspecified atom stereocenters. The van der Waals surface area contributed by atoms with Crippen LogP contribution in [0.15, 0.2) is 36.4 Å². The second-order valence-electron chi connectivity index (χ2n) is 4.48. The van der Waals surface area contributed by atoms with E-state index in [1.165, 1.54) is 17.6 Å². The lowest BCUT2D eigenvalue weighted by Gasteiger charge is -2.11. The first-order valence-corrected chi connectivity index (χ1v) is 5.88. The van der Waals surface area contributed by atoms with E-state index in [0.717, 1.165) is 11.1 Å². The molecule has 0 saturated heterocycles. The van der Waals surface area contributed by atoms with Crippen LogP contribution in [0.4, 0.5) is 0 Å². The highest BCUT2D eigenvalue weighted by molar-refractivity contribution is 5.60. The predicted octanol–water partition coefficient (Wildman–Crippen LogP) is 3.92. The third-order valence-corrected chi connectivity index (χ3v) is 3.18. The molecule has 1 nitrogen and oxygen atoms in total. The maximum absolute atomic E-state index is 8.33. The predicted molar refractivity (Wildman–Crippen MR) is 76.6 cm³/mol. The van der Waals surface area contributed by atoms with Crippen LogP contribution >= 0.6 is 0 Å². The van der Waals surface area contributed by atoms with Gasteiger partial charge in [-0.2, -0.15) is 4.57 Å². The molecule has 0 bridgehead atoms. The molecule has 2 rings (SSSR count). The monoisotopic (exact) mass is 247 g/mol. The van der Waals surface area contributed by atoms with E-state index >= 15 is 0 Å². The average molecular weight is 247 g/mol. The van der Waals surface area contributed by atoms with E-state index < -0.39 is 19.6 Å². The lowest BCUT2D eigenvalue weighted by molar-refractivity contribution is -0.667. The van der Waals surface area contributed by atoms with Gasteiger partial charge in [-0.05, 0) is 30.5 Å². The Bertz CT molecular complexity index is 789. The summed E-state index contributed by atoms with van der Waals surface area (Å²) in [5.74, 6) is -2.03. The van der Waals surface area contributed by atoms with Gasteiger partial charge in [0.2, 0.25) is 5.69 Å². The molecule has 18 heavy (non-hydrogen) atoms. The summed E-state index contributed by atoms with van der Waals surface area (Å²) in [5, 5.41) is 0. The number of rotatable bonds is 2. The molecule has 0 amide bonds. The van der Waals surface area contributed by atoms with Crippen molar-refractivity contribution in [2.75, 3.05) is 0 Å². The summed E-state index contributed by atoms with van der Waals surface area (Å²) in [6, 6.07) is 10.7. The van der Waals surface area contributed by atoms with Gasteiger partial charge in [0.1, 0.15) is 7.05 Å². The zero-order valence-corrected chi connectivity index (χ0v) is 10.9. The number of aromatic nitrogens is 1. The molecule has 0 aliphatic rings. The van der Waals surface area contributed by atoms with Crippen molar-refractivity contribution in [2.24, 2.45) is 7.05 Å². The van der Waals surface area contributed by atoms with Gasteiger partial charge in [0.05, 0.1) is 0 Å². The molecule has 1 atom stereocenters. The topological polar surface area (TPSA) is 3.88 Å². The van der Waals surface area contributed by atoms with E-state index in [2.05, 4.69) is 0 Å². The Morgan fingerprint density at radius 1 is 1.22 bits per heavy atom. The summed E-state index contributed by atoms with van der Waals surface area (Å²) in [6.07, 6.45) is 0. The van der Waals surface area contributed by atoms with Gasteiger partial charge in [0, 0.05) is 33.6 Å². The highest BCUT2D eigenvalue weighted by atomic mass is 14.9. The van der Waals surface area contributed by atoms with Gasteiger partial charge in [-0.3, -0.25) is 0 Å². The third-order valence-electron chi connectivity index (χ3n) is 3.18. The Kier molecular flexibility index (Phi) is 1.78. The summed E-state index contributed by atoms with van der Waals surface area (Å²) in [6.45, 7) is -2.03. The SMILES string of the molecule is [2H]C([2H])([2H])c1c(C([2H])(C)C([2H])([2H])[2H])ccc(-c2ccccc2C)[n+]1C. The van der Waals surface area contributed by atoms with E-state index in [0.29, 0.717) is 5.69 Å². The first kappa shape index (κ1) is 6.51. The van der Waals surface area contributed by atoms with Crippen LogP contribution in [0.1, 0.15) is 46.1 Å². The minimum Gasteiger partial charge on any atom is -0.198 e. The lowest BCUT2D eigenvalue weighted by atomic mass is 9.98. The summed E-state index contributed by atoms with van der Waals surface area (Å²) in [5.41, 5.74) is 2.37. The Balaban J connectivity index is 2.83. The molecule has 0 radical (unpaired) electrons. The first-order chi connectivity index (χ1) is 11.3. The summed E-state index contributed by atoms with van der Waals surface area (Å²) >= 11 is 0. The quantitative estimate of drug-likeness (QED) is 0.708.